The Balaban J connectivity index is 2.31. The molecule has 1 aromatic rings. The Kier molecular flexibility index (Phi) is 3.79. The van der Waals surface area contributed by atoms with Crippen molar-refractivity contribution < 1.29 is 19.1 Å². The number of amides is 1. The molecule has 5 heteroatoms. The van der Waals surface area contributed by atoms with Gasteiger partial charge in [0, 0.05) is 6.54 Å². The lowest BCUT2D eigenvalue weighted by Crippen LogP contribution is -2.40. The SMILES string of the molecule is CC(c1ccccc1)N1C[C@@](CF)(C(=O)O)C(C)C1=O. The molecular weight excluding hydrogens is 261 g/mol. The second-order valence-corrected chi connectivity index (χ2v) is 5.37. The van der Waals surface area contributed by atoms with E-state index in [0.29, 0.717) is 0 Å². The van der Waals surface area contributed by atoms with Crippen molar-refractivity contribution >= 4 is 11.9 Å². The van der Waals surface area contributed by atoms with Gasteiger partial charge in [0.1, 0.15) is 12.1 Å². The van der Waals surface area contributed by atoms with Crippen LogP contribution in [0.3, 0.4) is 0 Å². The molecule has 1 aromatic carbocycles. The first kappa shape index (κ1) is 14.5. The molecule has 1 aliphatic rings. The molecule has 0 saturated carbocycles. The van der Waals surface area contributed by atoms with Crippen molar-refractivity contribution in [3.05, 3.63) is 35.9 Å². The quantitative estimate of drug-likeness (QED) is 0.919. The van der Waals surface area contributed by atoms with E-state index < -0.39 is 24.0 Å². The number of aliphatic carboxylic acids is 1. The van der Waals surface area contributed by atoms with Crippen LogP contribution in [0.5, 0.6) is 0 Å². The molecule has 0 bridgehead atoms. The minimum absolute atomic E-state index is 0.0884. The van der Waals surface area contributed by atoms with Gasteiger partial charge in [-0.05, 0) is 12.5 Å². The largest absolute Gasteiger partial charge is 0.481 e. The maximum absolute atomic E-state index is 13.3. The number of alkyl halides is 1. The van der Waals surface area contributed by atoms with Crippen LogP contribution < -0.4 is 0 Å². The number of carbonyl (C=O) groups excluding carboxylic acids is 1. The summed E-state index contributed by atoms with van der Waals surface area (Å²) in [4.78, 5) is 25.2. The molecule has 1 N–H and O–H groups in total. The fraction of sp³-hybridized carbons (Fsp3) is 0.467. The number of rotatable bonds is 4. The van der Waals surface area contributed by atoms with E-state index in [-0.39, 0.29) is 18.5 Å². The van der Waals surface area contributed by atoms with Crippen LogP contribution in [0.15, 0.2) is 30.3 Å². The molecule has 4 nitrogen and oxygen atoms in total. The molecule has 1 fully saturated rings. The van der Waals surface area contributed by atoms with Gasteiger partial charge < -0.3 is 10.0 Å². The Labute approximate surface area is 117 Å². The summed E-state index contributed by atoms with van der Waals surface area (Å²) in [7, 11) is 0. The summed E-state index contributed by atoms with van der Waals surface area (Å²) in [6, 6.07) is 9.06. The van der Waals surface area contributed by atoms with Crippen LogP contribution in [-0.4, -0.2) is 35.1 Å². The summed E-state index contributed by atoms with van der Waals surface area (Å²) < 4.78 is 13.3. The highest BCUT2D eigenvalue weighted by Gasteiger charge is 2.56. The van der Waals surface area contributed by atoms with Crippen molar-refractivity contribution in [1.29, 1.82) is 0 Å². The third kappa shape index (κ3) is 2.07. The number of carbonyl (C=O) groups is 2. The second-order valence-electron chi connectivity index (χ2n) is 5.37. The average molecular weight is 279 g/mol. The molecule has 2 unspecified atom stereocenters. The summed E-state index contributed by atoms with van der Waals surface area (Å²) >= 11 is 0. The maximum atomic E-state index is 13.3. The van der Waals surface area contributed by atoms with Gasteiger partial charge in [0.15, 0.2) is 0 Å². The van der Waals surface area contributed by atoms with Gasteiger partial charge in [-0.15, -0.1) is 0 Å². The Hall–Kier alpha value is -1.91. The third-order valence-corrected chi connectivity index (χ3v) is 4.35. The van der Waals surface area contributed by atoms with E-state index >= 15 is 0 Å². The first-order chi connectivity index (χ1) is 9.44. The smallest absolute Gasteiger partial charge is 0.314 e. The topological polar surface area (TPSA) is 57.6 Å². The predicted molar refractivity (Wildman–Crippen MR) is 71.8 cm³/mol. The van der Waals surface area contributed by atoms with Crippen molar-refractivity contribution in [2.45, 2.75) is 19.9 Å². The van der Waals surface area contributed by atoms with Crippen molar-refractivity contribution in [1.82, 2.24) is 4.90 Å². The highest BCUT2D eigenvalue weighted by Crippen LogP contribution is 2.41. The average Bonchev–Trinajstić information content (AvgIpc) is 2.73. The third-order valence-electron chi connectivity index (χ3n) is 4.35. The van der Waals surface area contributed by atoms with Crippen LogP contribution >= 0.6 is 0 Å². The Bertz CT molecular complexity index is 519. The van der Waals surface area contributed by atoms with Crippen LogP contribution in [0.1, 0.15) is 25.5 Å². The van der Waals surface area contributed by atoms with E-state index in [0.717, 1.165) is 5.56 Å². The number of likely N-dealkylation sites (tertiary alicyclic amines) is 1. The van der Waals surface area contributed by atoms with E-state index in [1.165, 1.54) is 11.8 Å². The molecule has 0 aliphatic carbocycles. The molecule has 1 heterocycles. The first-order valence-electron chi connectivity index (χ1n) is 6.59. The number of carboxylic acid groups (broad SMARTS) is 1. The van der Waals surface area contributed by atoms with Crippen LogP contribution in [0.2, 0.25) is 0 Å². The Morgan fingerprint density at radius 2 is 2.10 bits per heavy atom. The van der Waals surface area contributed by atoms with Gasteiger partial charge in [-0.25, -0.2) is 4.39 Å². The molecule has 2 rings (SSSR count). The molecule has 0 spiro atoms. The van der Waals surface area contributed by atoms with Gasteiger partial charge in [-0.1, -0.05) is 37.3 Å². The van der Waals surface area contributed by atoms with E-state index in [1.807, 2.05) is 37.3 Å². The molecule has 1 aliphatic heterocycles. The number of nitrogens with zero attached hydrogens (tertiary/aromatic N) is 1. The first-order valence-corrected chi connectivity index (χ1v) is 6.59. The van der Waals surface area contributed by atoms with Crippen molar-refractivity contribution in [3.63, 3.8) is 0 Å². The summed E-state index contributed by atoms with van der Waals surface area (Å²) in [5, 5.41) is 9.30. The summed E-state index contributed by atoms with van der Waals surface area (Å²) in [6.07, 6.45) is 0. The zero-order valence-corrected chi connectivity index (χ0v) is 11.5. The van der Waals surface area contributed by atoms with Crippen molar-refractivity contribution in [3.8, 4) is 0 Å². The van der Waals surface area contributed by atoms with Crippen LogP contribution in [0.25, 0.3) is 0 Å². The summed E-state index contributed by atoms with van der Waals surface area (Å²) in [5.41, 5.74) is -0.715. The second kappa shape index (κ2) is 5.23. The monoisotopic (exact) mass is 279 g/mol. The molecule has 3 atom stereocenters. The highest BCUT2D eigenvalue weighted by molar-refractivity contribution is 5.91. The predicted octanol–water partition coefficient (Wildman–Crippen LogP) is 2.27. The van der Waals surface area contributed by atoms with E-state index in [9.17, 15) is 19.1 Å². The lowest BCUT2D eigenvalue weighted by atomic mass is 9.80. The molecule has 0 radical (unpaired) electrons. The lowest BCUT2D eigenvalue weighted by Gasteiger charge is -2.27. The highest BCUT2D eigenvalue weighted by atomic mass is 19.1. The minimum Gasteiger partial charge on any atom is -0.481 e. The normalized spacial score (nSPS) is 27.6. The van der Waals surface area contributed by atoms with Crippen molar-refractivity contribution in [2.75, 3.05) is 13.2 Å². The fourth-order valence-electron chi connectivity index (χ4n) is 2.71. The standard InChI is InChI=1S/C15H18FNO3/c1-10-13(18)17(9-15(10,8-16)14(19)20)11(2)12-6-4-3-5-7-12/h3-7,10-11H,8-9H2,1-2H3,(H,19,20)/t10?,11?,15-/m1/s1. The summed E-state index contributed by atoms with van der Waals surface area (Å²) in [6.45, 7) is 2.20. The molecule has 1 amide bonds. The number of carboxylic acids is 1. The van der Waals surface area contributed by atoms with Crippen molar-refractivity contribution in [2.24, 2.45) is 11.3 Å². The molecule has 108 valence electrons. The number of benzene rings is 1. The van der Waals surface area contributed by atoms with Gasteiger partial charge in [-0.2, -0.15) is 0 Å². The van der Waals surface area contributed by atoms with Crippen LogP contribution in [-0.2, 0) is 9.59 Å². The molecule has 20 heavy (non-hydrogen) atoms. The van der Waals surface area contributed by atoms with Crippen LogP contribution in [0.4, 0.5) is 4.39 Å². The summed E-state index contributed by atoms with van der Waals surface area (Å²) in [5.74, 6) is -2.40. The van der Waals surface area contributed by atoms with Gasteiger partial charge >= 0.3 is 5.97 Å². The molecular formula is C15H18FNO3. The lowest BCUT2D eigenvalue weighted by molar-refractivity contribution is -0.152. The number of hydrogen-bond acceptors (Lipinski definition) is 2. The zero-order valence-electron chi connectivity index (χ0n) is 11.5. The fourth-order valence-corrected chi connectivity index (χ4v) is 2.71. The maximum Gasteiger partial charge on any atom is 0.314 e. The van der Waals surface area contributed by atoms with Crippen LogP contribution in [0, 0.1) is 11.3 Å². The minimum atomic E-state index is -1.62. The van der Waals surface area contributed by atoms with Gasteiger partial charge in [-0.3, -0.25) is 9.59 Å². The number of halogens is 1. The number of hydrogen-bond donors (Lipinski definition) is 1. The van der Waals surface area contributed by atoms with Gasteiger partial charge in [0.25, 0.3) is 0 Å². The van der Waals surface area contributed by atoms with E-state index in [2.05, 4.69) is 0 Å². The van der Waals surface area contributed by atoms with Gasteiger partial charge in [0.2, 0.25) is 5.91 Å². The zero-order chi connectivity index (χ0) is 14.9. The van der Waals surface area contributed by atoms with Gasteiger partial charge in [0.05, 0.1) is 12.0 Å². The van der Waals surface area contributed by atoms with E-state index in [4.69, 9.17) is 0 Å². The molecule has 1 saturated heterocycles. The Morgan fingerprint density at radius 3 is 2.55 bits per heavy atom. The molecule has 0 aromatic heterocycles. The van der Waals surface area contributed by atoms with E-state index in [1.54, 1.807) is 0 Å². The Morgan fingerprint density at radius 1 is 1.50 bits per heavy atom.